The fraction of sp³-hybridized carbons (Fsp3) is 0.808. The number of ketones is 1. The van der Waals surface area contributed by atoms with Gasteiger partial charge in [0, 0.05) is 50.0 Å². The molecule has 0 spiro atoms. The molecule has 222 valence electrons. The van der Waals surface area contributed by atoms with Crippen molar-refractivity contribution in [3.05, 3.63) is 12.0 Å². The van der Waals surface area contributed by atoms with Crippen LogP contribution in [0.2, 0.25) is 0 Å². The van der Waals surface area contributed by atoms with Crippen LogP contribution in [0, 0.1) is 11.8 Å². The lowest BCUT2D eigenvalue weighted by atomic mass is 9.90. The zero-order valence-corrected chi connectivity index (χ0v) is 24.4. The predicted molar refractivity (Wildman–Crippen MR) is 157 cm³/mol. The Morgan fingerprint density at radius 2 is 2.00 bits per heavy atom. The summed E-state index contributed by atoms with van der Waals surface area (Å²) >= 11 is 3.51. The van der Waals surface area contributed by atoms with Crippen LogP contribution in [0.3, 0.4) is 0 Å². The van der Waals surface area contributed by atoms with E-state index >= 15 is 0 Å². The molecule has 5 aliphatic heterocycles. The highest BCUT2D eigenvalue weighted by Crippen LogP contribution is 2.44. The average molecular weight is 595 g/mol. The summed E-state index contributed by atoms with van der Waals surface area (Å²) in [6.07, 6.45) is 5.55. The van der Waals surface area contributed by atoms with E-state index in [2.05, 4.69) is 43.2 Å². The van der Waals surface area contributed by atoms with Gasteiger partial charge in [0.1, 0.15) is 17.6 Å². The van der Waals surface area contributed by atoms with Crippen molar-refractivity contribution < 1.29 is 19.1 Å². The van der Waals surface area contributed by atoms with E-state index in [1.807, 2.05) is 11.8 Å². The highest BCUT2D eigenvalue weighted by Gasteiger charge is 2.50. The number of hydrogen-bond acceptors (Lipinski definition) is 13. The number of thioether (sulfide) groups is 2. The number of amides is 1. The quantitative estimate of drug-likeness (QED) is 0.190. The first-order chi connectivity index (χ1) is 19.5. The molecule has 6 aliphatic rings. The van der Waals surface area contributed by atoms with Crippen LogP contribution in [0.25, 0.3) is 0 Å². The molecule has 5 heterocycles. The van der Waals surface area contributed by atoms with Crippen LogP contribution >= 0.6 is 23.5 Å². The van der Waals surface area contributed by atoms with Gasteiger partial charge in [-0.25, -0.2) is 0 Å². The van der Waals surface area contributed by atoms with Gasteiger partial charge >= 0.3 is 0 Å². The van der Waals surface area contributed by atoms with Crippen LogP contribution in [-0.4, -0.2) is 115 Å². The third kappa shape index (κ3) is 6.19. The summed E-state index contributed by atoms with van der Waals surface area (Å²) in [5, 5.41) is 18.0. The number of nitrogens with one attached hydrogen (secondary N) is 5. The summed E-state index contributed by atoms with van der Waals surface area (Å²) in [6.45, 7) is 7.79. The number of carbonyl (C=O) groups excluding carboxylic acids is 2. The van der Waals surface area contributed by atoms with Crippen molar-refractivity contribution in [1.29, 1.82) is 0 Å². The standard InChI is InChI=1S/C26H42N8O4S2/c1-28-16-4-2-3-5-17(16)31-26-30-11-14(23(27)36)24(33-26)32-19-12-29-25(40-19)15-13-39-22-18(35)10-20(38-21(15)22)34-6-8-37-9-7-34/h10,14-17,19,21-22,24-26,29-33H,1-9,11-13H2,(H2,27,36)/t14?,15?,16-,17+,19?,21?,22?,24?,25?,26?/m1/s1. The van der Waals surface area contributed by atoms with Gasteiger partial charge in [0.2, 0.25) is 5.91 Å². The van der Waals surface area contributed by atoms with Crippen molar-refractivity contribution in [2.45, 2.75) is 72.3 Å². The summed E-state index contributed by atoms with van der Waals surface area (Å²) in [4.78, 5) is 31.8. The number of rotatable bonds is 8. The van der Waals surface area contributed by atoms with Gasteiger partial charge in [0.25, 0.3) is 0 Å². The van der Waals surface area contributed by atoms with Crippen molar-refractivity contribution >= 4 is 41.9 Å². The molecule has 0 radical (unpaired) electrons. The van der Waals surface area contributed by atoms with Crippen molar-refractivity contribution in [3.8, 4) is 0 Å². The van der Waals surface area contributed by atoms with Crippen LogP contribution in [0.5, 0.6) is 0 Å². The molecule has 14 heteroatoms. The second-order valence-corrected chi connectivity index (χ2v) is 13.9. The molecule has 0 aromatic rings. The monoisotopic (exact) mass is 594 g/mol. The van der Waals surface area contributed by atoms with Crippen LogP contribution in [-0.2, 0) is 19.1 Å². The van der Waals surface area contributed by atoms with E-state index in [0.29, 0.717) is 25.6 Å². The van der Waals surface area contributed by atoms with E-state index in [-0.39, 0.29) is 70.2 Å². The number of fused-ring (bicyclic) bond motifs is 1. The molecule has 4 saturated heterocycles. The zero-order chi connectivity index (χ0) is 27.6. The van der Waals surface area contributed by atoms with Gasteiger partial charge in [-0.05, 0) is 19.6 Å². The van der Waals surface area contributed by atoms with Crippen LogP contribution in [0.1, 0.15) is 25.7 Å². The smallest absolute Gasteiger partial charge is 0.224 e. The summed E-state index contributed by atoms with van der Waals surface area (Å²) in [6, 6.07) is 0.449. The first-order valence-corrected chi connectivity index (χ1v) is 16.5. The number of primary amides is 1. The predicted octanol–water partition coefficient (Wildman–Crippen LogP) is -1.06. The van der Waals surface area contributed by atoms with Crippen molar-refractivity contribution in [2.75, 3.05) is 45.1 Å². The third-order valence-corrected chi connectivity index (χ3v) is 11.8. The lowest BCUT2D eigenvalue weighted by Crippen LogP contribution is -2.72. The molecular formula is C26H42N8O4S2. The highest BCUT2D eigenvalue weighted by atomic mass is 32.2. The molecule has 12 nitrogen and oxygen atoms in total. The Labute approximate surface area is 244 Å². The van der Waals surface area contributed by atoms with E-state index in [1.54, 1.807) is 17.8 Å². The second kappa shape index (κ2) is 12.9. The van der Waals surface area contributed by atoms with Gasteiger partial charge in [0.05, 0.1) is 42.1 Å². The fourth-order valence-corrected chi connectivity index (χ4v) is 9.68. The Morgan fingerprint density at radius 1 is 1.18 bits per heavy atom. The maximum atomic E-state index is 13.0. The van der Waals surface area contributed by atoms with Gasteiger partial charge < -0.3 is 25.4 Å². The molecule has 0 bridgehead atoms. The highest BCUT2D eigenvalue weighted by molar-refractivity contribution is 8.01. The average Bonchev–Trinajstić information content (AvgIpc) is 3.61. The minimum absolute atomic E-state index is 0.0815. The fourth-order valence-electron chi connectivity index (χ4n) is 6.65. The normalized spacial score (nSPS) is 42.1. The molecule has 7 N–H and O–H groups in total. The Hall–Kier alpha value is -1.39. The number of carbonyl (C=O) groups is 2. The largest absolute Gasteiger partial charge is 0.474 e. The number of nitrogens with two attached hydrogens (primary N) is 1. The number of aliphatic imine (C=N–C) groups is 1. The molecule has 1 saturated carbocycles. The zero-order valence-electron chi connectivity index (χ0n) is 22.8. The van der Waals surface area contributed by atoms with Gasteiger partial charge in [0.15, 0.2) is 11.7 Å². The molecule has 8 unspecified atom stereocenters. The number of ether oxygens (including phenoxy) is 2. The molecule has 5 fully saturated rings. The van der Waals surface area contributed by atoms with E-state index in [0.717, 1.165) is 38.2 Å². The number of allylic oxidation sites excluding steroid dienone is 1. The Bertz CT molecular complexity index is 984. The maximum absolute atomic E-state index is 13.0. The Morgan fingerprint density at radius 3 is 2.80 bits per heavy atom. The second-order valence-electron chi connectivity index (χ2n) is 11.4. The summed E-state index contributed by atoms with van der Waals surface area (Å²) in [7, 11) is 0. The van der Waals surface area contributed by atoms with Gasteiger partial charge in [-0.1, -0.05) is 12.8 Å². The topological polar surface area (TPSA) is 154 Å². The molecule has 1 aliphatic carbocycles. The van der Waals surface area contributed by atoms with Crippen molar-refractivity contribution in [1.82, 2.24) is 31.5 Å². The molecule has 6 rings (SSSR count). The number of hydrogen-bond donors (Lipinski definition) is 6. The van der Waals surface area contributed by atoms with E-state index in [4.69, 9.17) is 15.2 Å². The van der Waals surface area contributed by atoms with Crippen LogP contribution in [0.15, 0.2) is 17.0 Å². The molecule has 0 aromatic heterocycles. The molecule has 1 amide bonds. The van der Waals surface area contributed by atoms with Gasteiger partial charge in [-0.2, -0.15) is 0 Å². The minimum atomic E-state index is -0.385. The summed E-state index contributed by atoms with van der Waals surface area (Å²) in [5.41, 5.74) is 5.80. The number of morpholine rings is 1. The maximum Gasteiger partial charge on any atom is 0.224 e. The SMILES string of the molecule is C=N[C@@H]1CCCC[C@@H]1NC1NCC(C(N)=O)C(NC2CNC(C3CSC4C(=O)C=C(N5CCOCC5)OC43)S2)N1. The first kappa shape index (κ1) is 28.7. The Balaban J connectivity index is 1.06. The van der Waals surface area contributed by atoms with Crippen molar-refractivity contribution in [2.24, 2.45) is 22.6 Å². The molecule has 0 aromatic carbocycles. The molecule has 40 heavy (non-hydrogen) atoms. The summed E-state index contributed by atoms with van der Waals surface area (Å²) < 4.78 is 12.0. The van der Waals surface area contributed by atoms with Gasteiger partial charge in [-0.3, -0.25) is 35.8 Å². The number of nitrogens with zero attached hydrogens (tertiary/aromatic N) is 2. The lowest BCUT2D eigenvalue weighted by molar-refractivity contribution is -0.124. The van der Waals surface area contributed by atoms with E-state index in [9.17, 15) is 9.59 Å². The van der Waals surface area contributed by atoms with Crippen LogP contribution < -0.4 is 32.3 Å². The summed E-state index contributed by atoms with van der Waals surface area (Å²) in [5.74, 6) is 1.18. The van der Waals surface area contributed by atoms with E-state index < -0.39 is 0 Å². The molecular weight excluding hydrogens is 552 g/mol. The van der Waals surface area contributed by atoms with Crippen LogP contribution in [0.4, 0.5) is 0 Å². The third-order valence-electron chi connectivity index (χ3n) is 8.88. The van der Waals surface area contributed by atoms with Crippen molar-refractivity contribution in [3.63, 3.8) is 0 Å². The minimum Gasteiger partial charge on any atom is -0.474 e. The van der Waals surface area contributed by atoms with E-state index in [1.165, 1.54) is 12.8 Å². The Kier molecular flexibility index (Phi) is 9.23. The van der Waals surface area contributed by atoms with Gasteiger partial charge in [-0.15, -0.1) is 23.5 Å². The lowest BCUT2D eigenvalue weighted by Gasteiger charge is -2.41. The first-order valence-electron chi connectivity index (χ1n) is 14.5. The molecule has 10 atom stereocenters.